The number of nitriles is 1. The zero-order valence-electron chi connectivity index (χ0n) is 11.9. The Morgan fingerprint density at radius 3 is 2.40 bits per heavy atom. The Balaban J connectivity index is 2.33. The van der Waals surface area contributed by atoms with Gasteiger partial charge in [0, 0.05) is 25.2 Å². The Bertz CT molecular complexity index is 624. The van der Waals surface area contributed by atoms with Crippen LogP contribution in [0, 0.1) is 11.3 Å². The molecule has 0 saturated carbocycles. The average molecular weight is 293 g/mol. The molecular formula is C14H19N3O2S. The van der Waals surface area contributed by atoms with E-state index in [0.29, 0.717) is 18.7 Å². The summed E-state index contributed by atoms with van der Waals surface area (Å²) in [6.07, 6.45) is 0. The smallest absolute Gasteiger partial charge is 0.243 e. The molecule has 20 heavy (non-hydrogen) atoms. The first-order valence-corrected chi connectivity index (χ1v) is 8.02. The highest BCUT2D eigenvalue weighted by Crippen LogP contribution is 2.22. The van der Waals surface area contributed by atoms with E-state index in [0.717, 1.165) is 0 Å². The fourth-order valence-electron chi connectivity index (χ4n) is 2.43. The number of piperazine rings is 1. The summed E-state index contributed by atoms with van der Waals surface area (Å²) < 4.78 is 26.8. The van der Waals surface area contributed by atoms with Gasteiger partial charge in [-0.3, -0.25) is 4.90 Å². The third-order valence-corrected chi connectivity index (χ3v) is 5.75. The summed E-state index contributed by atoms with van der Waals surface area (Å²) >= 11 is 0. The predicted molar refractivity (Wildman–Crippen MR) is 76.6 cm³/mol. The van der Waals surface area contributed by atoms with Gasteiger partial charge in [-0.05, 0) is 39.1 Å². The van der Waals surface area contributed by atoms with Crippen molar-refractivity contribution in [1.82, 2.24) is 9.21 Å². The molecule has 0 aromatic heterocycles. The topological polar surface area (TPSA) is 64.4 Å². The molecule has 1 aromatic carbocycles. The van der Waals surface area contributed by atoms with Gasteiger partial charge in [-0.1, -0.05) is 6.07 Å². The fraction of sp³-hybridized carbons (Fsp3) is 0.500. The van der Waals surface area contributed by atoms with E-state index < -0.39 is 10.0 Å². The molecule has 2 atom stereocenters. The van der Waals surface area contributed by atoms with Gasteiger partial charge in [0.2, 0.25) is 10.0 Å². The number of hydrogen-bond acceptors (Lipinski definition) is 4. The molecule has 1 saturated heterocycles. The second-order valence-electron chi connectivity index (χ2n) is 5.33. The Labute approximate surface area is 120 Å². The van der Waals surface area contributed by atoms with E-state index >= 15 is 0 Å². The van der Waals surface area contributed by atoms with Crippen LogP contribution in [0.4, 0.5) is 0 Å². The van der Waals surface area contributed by atoms with Gasteiger partial charge in [0.05, 0.1) is 16.5 Å². The lowest BCUT2D eigenvalue weighted by Crippen LogP contribution is -2.56. The second kappa shape index (κ2) is 5.52. The van der Waals surface area contributed by atoms with Crippen LogP contribution in [0.2, 0.25) is 0 Å². The summed E-state index contributed by atoms with van der Waals surface area (Å²) in [5.74, 6) is 0. The van der Waals surface area contributed by atoms with Gasteiger partial charge < -0.3 is 0 Å². The highest BCUT2D eigenvalue weighted by Gasteiger charge is 2.34. The number of benzene rings is 1. The largest absolute Gasteiger partial charge is 0.298 e. The Kier molecular flexibility index (Phi) is 4.14. The molecule has 1 aliphatic heterocycles. The number of nitrogens with zero attached hydrogens (tertiary/aromatic N) is 3. The minimum Gasteiger partial charge on any atom is -0.298 e. The fourth-order valence-corrected chi connectivity index (χ4v) is 4.08. The summed E-state index contributed by atoms with van der Waals surface area (Å²) in [6, 6.07) is 8.51. The molecule has 108 valence electrons. The third kappa shape index (κ3) is 2.70. The molecule has 0 amide bonds. The molecule has 5 nitrogen and oxygen atoms in total. The lowest BCUT2D eigenvalue weighted by Gasteiger charge is -2.41. The van der Waals surface area contributed by atoms with Gasteiger partial charge in [0.1, 0.15) is 0 Å². The van der Waals surface area contributed by atoms with Gasteiger partial charge in [-0.15, -0.1) is 0 Å². The molecule has 0 spiro atoms. The molecule has 0 bridgehead atoms. The molecule has 0 radical (unpaired) electrons. The maximum absolute atomic E-state index is 12.7. The van der Waals surface area contributed by atoms with Crippen LogP contribution < -0.4 is 0 Å². The average Bonchev–Trinajstić information content (AvgIpc) is 2.44. The predicted octanol–water partition coefficient (Wildman–Crippen LogP) is 1.27. The van der Waals surface area contributed by atoms with Crippen molar-refractivity contribution in [2.24, 2.45) is 0 Å². The number of rotatable bonds is 2. The highest BCUT2D eigenvalue weighted by atomic mass is 32.2. The van der Waals surface area contributed by atoms with Crippen LogP contribution in [0.3, 0.4) is 0 Å². The summed E-state index contributed by atoms with van der Waals surface area (Å²) in [5, 5.41) is 8.89. The maximum atomic E-state index is 12.7. The van der Waals surface area contributed by atoms with Crippen LogP contribution >= 0.6 is 0 Å². The molecule has 0 aliphatic carbocycles. The molecule has 2 rings (SSSR count). The van der Waals surface area contributed by atoms with Crippen LogP contribution in [0.5, 0.6) is 0 Å². The molecule has 0 N–H and O–H groups in total. The van der Waals surface area contributed by atoms with Crippen molar-refractivity contribution in [3.8, 4) is 6.07 Å². The lowest BCUT2D eigenvalue weighted by molar-refractivity contribution is 0.105. The molecule has 1 fully saturated rings. The maximum Gasteiger partial charge on any atom is 0.243 e. The van der Waals surface area contributed by atoms with E-state index in [9.17, 15) is 8.42 Å². The second-order valence-corrected chi connectivity index (χ2v) is 7.26. The molecule has 1 aliphatic rings. The summed E-state index contributed by atoms with van der Waals surface area (Å²) in [7, 11) is -1.52. The van der Waals surface area contributed by atoms with Crippen molar-refractivity contribution >= 4 is 10.0 Å². The third-order valence-electron chi connectivity index (χ3n) is 3.93. The van der Waals surface area contributed by atoms with Crippen LogP contribution in [-0.2, 0) is 10.0 Å². The quantitative estimate of drug-likeness (QED) is 0.824. The van der Waals surface area contributed by atoms with Crippen LogP contribution in [0.15, 0.2) is 29.2 Å². The SMILES string of the molecule is CC1CN(S(=O)(=O)c2cccc(C#N)c2)CC(C)N1C. The first-order chi connectivity index (χ1) is 9.36. The molecule has 6 heteroatoms. The van der Waals surface area contributed by atoms with Gasteiger partial charge in [-0.2, -0.15) is 9.57 Å². The van der Waals surface area contributed by atoms with Crippen molar-refractivity contribution < 1.29 is 8.42 Å². The Hall–Kier alpha value is -1.42. The number of likely N-dealkylation sites (N-methyl/N-ethyl adjacent to an activating group) is 1. The van der Waals surface area contributed by atoms with Crippen molar-refractivity contribution in [2.75, 3.05) is 20.1 Å². The van der Waals surface area contributed by atoms with Gasteiger partial charge in [-0.25, -0.2) is 8.42 Å². The molecular weight excluding hydrogens is 274 g/mol. The van der Waals surface area contributed by atoms with Gasteiger partial charge in [0.25, 0.3) is 0 Å². The van der Waals surface area contributed by atoms with Crippen molar-refractivity contribution in [2.45, 2.75) is 30.8 Å². The standard InChI is InChI=1S/C14H19N3O2S/c1-11-9-17(10-12(2)16(11)3)20(18,19)14-6-4-5-13(7-14)8-15/h4-7,11-12H,9-10H2,1-3H3. The van der Waals surface area contributed by atoms with Crippen LogP contribution in [0.25, 0.3) is 0 Å². The molecule has 1 heterocycles. The van der Waals surface area contributed by atoms with Gasteiger partial charge in [0.15, 0.2) is 0 Å². The van der Waals surface area contributed by atoms with Crippen LogP contribution in [-0.4, -0.2) is 49.8 Å². The Morgan fingerprint density at radius 2 is 1.85 bits per heavy atom. The minimum atomic E-state index is -3.53. The zero-order chi connectivity index (χ0) is 14.9. The zero-order valence-corrected chi connectivity index (χ0v) is 12.8. The molecule has 2 unspecified atom stereocenters. The van der Waals surface area contributed by atoms with Crippen molar-refractivity contribution in [3.63, 3.8) is 0 Å². The number of hydrogen-bond donors (Lipinski definition) is 0. The van der Waals surface area contributed by atoms with Gasteiger partial charge >= 0.3 is 0 Å². The highest BCUT2D eigenvalue weighted by molar-refractivity contribution is 7.89. The lowest BCUT2D eigenvalue weighted by atomic mass is 10.1. The summed E-state index contributed by atoms with van der Waals surface area (Å²) in [5.41, 5.74) is 0.362. The first kappa shape index (κ1) is 15.0. The minimum absolute atomic E-state index is 0.174. The van der Waals surface area contributed by atoms with Crippen LogP contribution in [0.1, 0.15) is 19.4 Å². The van der Waals surface area contributed by atoms with E-state index in [1.54, 1.807) is 18.2 Å². The van der Waals surface area contributed by atoms with Crippen molar-refractivity contribution in [1.29, 1.82) is 5.26 Å². The summed E-state index contributed by atoms with van der Waals surface area (Å²) in [6.45, 7) is 4.98. The van der Waals surface area contributed by atoms with E-state index in [2.05, 4.69) is 4.90 Å². The van der Waals surface area contributed by atoms with E-state index in [1.807, 2.05) is 27.0 Å². The number of sulfonamides is 1. The van der Waals surface area contributed by atoms with Crippen molar-refractivity contribution in [3.05, 3.63) is 29.8 Å². The monoisotopic (exact) mass is 293 g/mol. The van der Waals surface area contributed by atoms with E-state index in [-0.39, 0.29) is 17.0 Å². The molecule has 1 aromatic rings. The normalized spacial score (nSPS) is 25.3. The van der Waals surface area contributed by atoms with E-state index in [4.69, 9.17) is 5.26 Å². The van der Waals surface area contributed by atoms with E-state index in [1.165, 1.54) is 10.4 Å². The first-order valence-electron chi connectivity index (χ1n) is 6.58. The summed E-state index contributed by atoms with van der Waals surface area (Å²) in [4.78, 5) is 2.37. The Morgan fingerprint density at radius 1 is 1.25 bits per heavy atom.